The largest absolute Gasteiger partial charge is 0.415 e. The molecule has 2 bridgehead atoms. The fourth-order valence-corrected chi connectivity index (χ4v) is 5.27. The predicted octanol–water partition coefficient (Wildman–Crippen LogP) is 3.85. The highest BCUT2D eigenvalue weighted by atomic mass is 79.9. The normalized spacial score (nSPS) is 27.9. The fraction of sp³-hybridized carbons (Fsp3) is 0.318. The number of ether oxygens (including phenoxy) is 1. The summed E-state index contributed by atoms with van der Waals surface area (Å²) in [6, 6.07) is 15.8. The van der Waals surface area contributed by atoms with Crippen LogP contribution in [0, 0.1) is 17.8 Å². The molecule has 4 fully saturated rings. The highest BCUT2D eigenvalue weighted by Gasteiger charge is 2.61. The van der Waals surface area contributed by atoms with Crippen molar-refractivity contribution in [2.24, 2.45) is 17.8 Å². The minimum atomic E-state index is -0.498. The maximum absolute atomic E-state index is 13.3. The molecule has 6 rings (SSSR count). The lowest BCUT2D eigenvalue weighted by molar-refractivity contribution is -0.131. The first-order chi connectivity index (χ1) is 14.0. The van der Waals surface area contributed by atoms with Gasteiger partial charge in [-0.25, -0.2) is 9.69 Å². The summed E-state index contributed by atoms with van der Waals surface area (Å²) in [6.07, 6.45) is 1.10. The molecule has 3 aliphatic heterocycles. The van der Waals surface area contributed by atoms with Crippen molar-refractivity contribution in [1.82, 2.24) is 4.90 Å². The van der Waals surface area contributed by atoms with Gasteiger partial charge in [-0.05, 0) is 55.2 Å². The highest BCUT2D eigenvalue weighted by molar-refractivity contribution is 9.10. The lowest BCUT2D eigenvalue weighted by atomic mass is 9.66. The highest BCUT2D eigenvalue weighted by Crippen LogP contribution is 2.49. The molecule has 6 nitrogen and oxygen atoms in total. The molecule has 0 spiro atoms. The summed E-state index contributed by atoms with van der Waals surface area (Å²) in [5.74, 6) is -0.763. The molecule has 4 atom stereocenters. The summed E-state index contributed by atoms with van der Waals surface area (Å²) in [4.78, 5) is 42.2. The zero-order chi connectivity index (χ0) is 20.1. The van der Waals surface area contributed by atoms with Crippen LogP contribution in [0.15, 0.2) is 59.1 Å². The average molecular weight is 455 g/mol. The minimum absolute atomic E-state index is 0.0229. The zero-order valence-electron chi connectivity index (χ0n) is 15.5. The Morgan fingerprint density at radius 1 is 0.931 bits per heavy atom. The van der Waals surface area contributed by atoms with Crippen LogP contribution in [0.25, 0.3) is 0 Å². The van der Waals surface area contributed by atoms with Gasteiger partial charge in [-0.1, -0.05) is 34.1 Å². The Morgan fingerprint density at radius 3 is 2.34 bits per heavy atom. The third-order valence-corrected chi connectivity index (χ3v) is 6.78. The van der Waals surface area contributed by atoms with Gasteiger partial charge in [0.2, 0.25) is 11.8 Å². The number of fused-ring (bicyclic) bond motifs is 2. The molecule has 29 heavy (non-hydrogen) atoms. The van der Waals surface area contributed by atoms with E-state index in [9.17, 15) is 14.4 Å². The molecule has 2 unspecified atom stereocenters. The number of amides is 3. The van der Waals surface area contributed by atoms with Crippen LogP contribution >= 0.6 is 15.9 Å². The Morgan fingerprint density at radius 2 is 1.62 bits per heavy atom. The number of anilines is 1. The van der Waals surface area contributed by atoms with Gasteiger partial charge in [0.05, 0.1) is 17.5 Å². The van der Waals surface area contributed by atoms with Gasteiger partial charge in [0.15, 0.2) is 0 Å². The number of hydrogen-bond donors (Lipinski definition) is 0. The molecule has 2 aromatic rings. The second kappa shape index (κ2) is 6.99. The van der Waals surface area contributed by atoms with E-state index in [1.54, 1.807) is 41.3 Å². The Hall–Kier alpha value is -2.67. The Bertz CT molecular complexity index is 978. The number of nitrogens with zero attached hydrogens (tertiary/aromatic N) is 2. The molecule has 1 aliphatic carbocycles. The molecular formula is C22H19BrN2O4. The maximum atomic E-state index is 13.3. The van der Waals surface area contributed by atoms with E-state index in [2.05, 4.69) is 15.9 Å². The number of para-hydroxylation sites is 1. The van der Waals surface area contributed by atoms with Crippen LogP contribution in [-0.2, 0) is 9.59 Å². The molecule has 3 saturated heterocycles. The Balaban J connectivity index is 1.42. The molecule has 4 aliphatic rings. The number of benzene rings is 2. The fourth-order valence-electron chi connectivity index (χ4n) is 5.00. The van der Waals surface area contributed by atoms with Gasteiger partial charge in [-0.2, -0.15) is 0 Å². The molecule has 1 saturated carbocycles. The molecule has 0 aromatic heterocycles. The molecule has 148 valence electrons. The number of halogens is 1. The first-order valence-electron chi connectivity index (χ1n) is 9.71. The SMILES string of the molecule is O=C1[C@@H]2C3CCC(CN3C(=O)Oc3ccccc3)[C@@H]2C(=O)N1c1ccc(Br)cc1. The van der Waals surface area contributed by atoms with E-state index in [0.29, 0.717) is 24.4 Å². The zero-order valence-corrected chi connectivity index (χ0v) is 17.1. The van der Waals surface area contributed by atoms with Crippen molar-refractivity contribution in [2.75, 3.05) is 11.4 Å². The van der Waals surface area contributed by atoms with Crippen LogP contribution in [0.5, 0.6) is 5.75 Å². The lowest BCUT2D eigenvalue weighted by Gasteiger charge is -2.49. The quantitative estimate of drug-likeness (QED) is 0.646. The topological polar surface area (TPSA) is 66.9 Å². The van der Waals surface area contributed by atoms with E-state index in [0.717, 1.165) is 10.9 Å². The summed E-state index contributed by atoms with van der Waals surface area (Å²) in [5, 5.41) is 0. The molecule has 3 amide bonds. The number of piperidine rings is 2. The van der Waals surface area contributed by atoms with Crippen molar-refractivity contribution in [3.05, 3.63) is 59.1 Å². The van der Waals surface area contributed by atoms with Crippen molar-refractivity contribution in [1.29, 1.82) is 0 Å². The van der Waals surface area contributed by atoms with E-state index in [1.807, 2.05) is 18.2 Å². The van der Waals surface area contributed by atoms with Crippen molar-refractivity contribution >= 4 is 39.5 Å². The molecule has 0 N–H and O–H groups in total. The van der Waals surface area contributed by atoms with Crippen LogP contribution in [0.1, 0.15) is 12.8 Å². The average Bonchev–Trinajstić information content (AvgIpc) is 3.02. The lowest BCUT2D eigenvalue weighted by Crippen LogP contribution is -2.60. The van der Waals surface area contributed by atoms with Gasteiger partial charge in [0, 0.05) is 17.1 Å². The van der Waals surface area contributed by atoms with Gasteiger partial charge in [0.1, 0.15) is 5.75 Å². The predicted molar refractivity (Wildman–Crippen MR) is 109 cm³/mol. The number of carbonyl (C=O) groups is 3. The third-order valence-electron chi connectivity index (χ3n) is 6.25. The third kappa shape index (κ3) is 2.95. The van der Waals surface area contributed by atoms with E-state index >= 15 is 0 Å². The minimum Gasteiger partial charge on any atom is -0.410 e. The van der Waals surface area contributed by atoms with Crippen LogP contribution in [0.3, 0.4) is 0 Å². The molecule has 3 heterocycles. The summed E-state index contributed by atoms with van der Waals surface area (Å²) in [7, 11) is 0. The van der Waals surface area contributed by atoms with Crippen LogP contribution in [0.2, 0.25) is 0 Å². The van der Waals surface area contributed by atoms with Crippen molar-refractivity contribution in [3.8, 4) is 5.75 Å². The number of imide groups is 1. The number of carbonyl (C=O) groups excluding carboxylic acids is 3. The monoisotopic (exact) mass is 454 g/mol. The standard InChI is InChI=1S/C22H19BrN2O4/c23-14-7-9-15(10-8-14)25-20(26)18-13-6-11-17(19(18)21(25)27)24(12-13)22(28)29-16-4-2-1-3-5-16/h1-5,7-10,13,17-19H,6,11-12H2/t13?,17?,18-,19+/m0/s1. The number of rotatable bonds is 2. The second-order valence-corrected chi connectivity index (χ2v) is 8.69. The van der Waals surface area contributed by atoms with Gasteiger partial charge >= 0.3 is 6.09 Å². The Kier molecular flexibility index (Phi) is 4.42. The van der Waals surface area contributed by atoms with Gasteiger partial charge < -0.3 is 9.64 Å². The van der Waals surface area contributed by atoms with E-state index in [4.69, 9.17) is 4.74 Å². The van der Waals surface area contributed by atoms with Crippen molar-refractivity contribution in [3.63, 3.8) is 0 Å². The van der Waals surface area contributed by atoms with Crippen LogP contribution in [0.4, 0.5) is 10.5 Å². The summed E-state index contributed by atoms with van der Waals surface area (Å²) in [5.41, 5.74) is 0.579. The van der Waals surface area contributed by atoms with Crippen molar-refractivity contribution < 1.29 is 19.1 Å². The molecule has 0 radical (unpaired) electrons. The molecule has 2 aromatic carbocycles. The van der Waals surface area contributed by atoms with Gasteiger partial charge in [-0.3, -0.25) is 9.59 Å². The first kappa shape index (κ1) is 18.4. The van der Waals surface area contributed by atoms with Crippen molar-refractivity contribution in [2.45, 2.75) is 18.9 Å². The van der Waals surface area contributed by atoms with E-state index in [1.165, 1.54) is 4.90 Å². The Labute approximate surface area is 176 Å². The molecular weight excluding hydrogens is 436 g/mol. The molecule has 7 heteroatoms. The van der Waals surface area contributed by atoms with Gasteiger partial charge in [0.25, 0.3) is 0 Å². The van der Waals surface area contributed by atoms with E-state index < -0.39 is 12.0 Å². The van der Waals surface area contributed by atoms with Gasteiger partial charge in [-0.15, -0.1) is 0 Å². The number of hydrogen-bond acceptors (Lipinski definition) is 4. The first-order valence-corrected chi connectivity index (χ1v) is 10.5. The summed E-state index contributed by atoms with van der Waals surface area (Å²) >= 11 is 3.38. The second-order valence-electron chi connectivity index (χ2n) is 7.78. The smallest absolute Gasteiger partial charge is 0.410 e. The van der Waals surface area contributed by atoms with Crippen LogP contribution < -0.4 is 9.64 Å². The maximum Gasteiger partial charge on any atom is 0.415 e. The van der Waals surface area contributed by atoms with E-state index in [-0.39, 0.29) is 29.7 Å². The summed E-state index contributed by atoms with van der Waals surface area (Å²) in [6.45, 7) is 0.449. The summed E-state index contributed by atoms with van der Waals surface area (Å²) < 4.78 is 6.40. The van der Waals surface area contributed by atoms with Crippen LogP contribution in [-0.4, -0.2) is 35.4 Å².